The zero-order valence-electron chi connectivity index (χ0n) is 32.3. The van der Waals surface area contributed by atoms with Crippen LogP contribution < -0.4 is 9.80 Å². The first kappa shape index (κ1) is 36.1. The molecule has 272 valence electrons. The molecular formula is C54H46N2. The third-order valence-electron chi connectivity index (χ3n) is 10.4. The first-order valence-electron chi connectivity index (χ1n) is 19.5. The van der Waals surface area contributed by atoms with Crippen molar-refractivity contribution < 1.29 is 0 Å². The second kappa shape index (κ2) is 16.6. The van der Waals surface area contributed by atoms with Crippen molar-refractivity contribution in [2.75, 3.05) is 9.80 Å². The number of para-hydroxylation sites is 3. The van der Waals surface area contributed by atoms with Gasteiger partial charge in [0.05, 0.1) is 0 Å². The predicted octanol–water partition coefficient (Wildman–Crippen LogP) is 15.6. The van der Waals surface area contributed by atoms with Crippen LogP contribution in [0.25, 0.3) is 34.4 Å². The Morgan fingerprint density at radius 1 is 0.339 bits per heavy atom. The van der Waals surface area contributed by atoms with E-state index in [1.165, 1.54) is 50.2 Å². The molecule has 0 amide bonds. The summed E-state index contributed by atoms with van der Waals surface area (Å²) in [5, 5.41) is 0. The van der Waals surface area contributed by atoms with Gasteiger partial charge in [0.2, 0.25) is 0 Å². The molecule has 0 atom stereocenters. The third kappa shape index (κ3) is 8.11. The van der Waals surface area contributed by atoms with Crippen LogP contribution in [0.5, 0.6) is 0 Å². The molecule has 56 heavy (non-hydrogen) atoms. The van der Waals surface area contributed by atoms with Crippen molar-refractivity contribution in [3.05, 3.63) is 229 Å². The van der Waals surface area contributed by atoms with Gasteiger partial charge in [0, 0.05) is 34.1 Å². The fraction of sp³-hybridized carbons (Fsp3) is 0.0741. The lowest BCUT2D eigenvalue weighted by Crippen LogP contribution is -2.11. The second-order valence-electron chi connectivity index (χ2n) is 14.5. The zero-order valence-corrected chi connectivity index (χ0v) is 32.3. The Balaban J connectivity index is 0.945. The first-order valence-corrected chi connectivity index (χ1v) is 19.5. The maximum atomic E-state index is 2.35. The Kier molecular flexibility index (Phi) is 10.7. The van der Waals surface area contributed by atoms with Gasteiger partial charge in [-0.25, -0.2) is 0 Å². The van der Waals surface area contributed by atoms with E-state index in [4.69, 9.17) is 0 Å². The summed E-state index contributed by atoms with van der Waals surface area (Å²) >= 11 is 0. The van der Waals surface area contributed by atoms with E-state index < -0.39 is 0 Å². The maximum Gasteiger partial charge on any atom is 0.0490 e. The quantitative estimate of drug-likeness (QED) is 0.123. The molecule has 0 aliphatic heterocycles. The first-order chi connectivity index (χ1) is 27.5. The standard InChI is InChI=1S/C54H46N2/c1-40(2)44-28-34-52(35-29-44)56(54-17-11-10-12-41(54)3)53-38-32-48(33-39-53)46-26-22-43(23-27-46)19-18-42-20-24-45(25-21-42)47-30-36-51(37-31-47)55(49-13-6-4-7-14-49)50-15-8-5-9-16-50/h4-40H,1-3H3. The zero-order chi connectivity index (χ0) is 38.3. The predicted molar refractivity (Wildman–Crippen MR) is 241 cm³/mol. The highest BCUT2D eigenvalue weighted by molar-refractivity contribution is 5.81. The number of aryl methyl sites for hydroxylation is 1. The van der Waals surface area contributed by atoms with Gasteiger partial charge in [0.25, 0.3) is 0 Å². The van der Waals surface area contributed by atoms with E-state index in [0.29, 0.717) is 5.92 Å². The van der Waals surface area contributed by atoms with Crippen molar-refractivity contribution in [2.45, 2.75) is 26.7 Å². The fourth-order valence-corrected chi connectivity index (χ4v) is 7.22. The Morgan fingerprint density at radius 2 is 0.679 bits per heavy atom. The number of nitrogens with zero attached hydrogens (tertiary/aromatic N) is 2. The van der Waals surface area contributed by atoms with Crippen molar-refractivity contribution in [1.29, 1.82) is 0 Å². The van der Waals surface area contributed by atoms with Crippen LogP contribution in [0.3, 0.4) is 0 Å². The highest BCUT2D eigenvalue weighted by Gasteiger charge is 2.15. The smallest absolute Gasteiger partial charge is 0.0490 e. The average Bonchev–Trinajstić information content (AvgIpc) is 3.26. The monoisotopic (exact) mass is 722 g/mol. The molecule has 0 radical (unpaired) electrons. The van der Waals surface area contributed by atoms with Gasteiger partial charge >= 0.3 is 0 Å². The van der Waals surface area contributed by atoms with Gasteiger partial charge in [0.15, 0.2) is 0 Å². The summed E-state index contributed by atoms with van der Waals surface area (Å²) in [6.07, 6.45) is 4.37. The minimum atomic E-state index is 0.498. The van der Waals surface area contributed by atoms with Crippen LogP contribution in [0, 0.1) is 6.92 Å². The van der Waals surface area contributed by atoms with Gasteiger partial charge in [-0.15, -0.1) is 0 Å². The van der Waals surface area contributed by atoms with Crippen LogP contribution in [-0.4, -0.2) is 0 Å². The van der Waals surface area contributed by atoms with Crippen molar-refractivity contribution >= 4 is 46.3 Å². The molecule has 0 fully saturated rings. The summed E-state index contributed by atoms with van der Waals surface area (Å²) in [4.78, 5) is 4.64. The average molecular weight is 723 g/mol. The van der Waals surface area contributed by atoms with Crippen molar-refractivity contribution in [2.24, 2.45) is 0 Å². The van der Waals surface area contributed by atoms with E-state index >= 15 is 0 Å². The number of rotatable bonds is 11. The molecule has 0 N–H and O–H groups in total. The van der Waals surface area contributed by atoms with E-state index in [9.17, 15) is 0 Å². The maximum absolute atomic E-state index is 2.35. The number of anilines is 6. The number of benzene rings is 8. The lowest BCUT2D eigenvalue weighted by atomic mass is 10.0. The molecule has 0 heterocycles. The van der Waals surface area contributed by atoms with Crippen LogP contribution >= 0.6 is 0 Å². The van der Waals surface area contributed by atoms with E-state index in [-0.39, 0.29) is 0 Å². The van der Waals surface area contributed by atoms with Crippen LogP contribution in [-0.2, 0) is 0 Å². The largest absolute Gasteiger partial charge is 0.311 e. The molecule has 0 saturated carbocycles. The normalized spacial score (nSPS) is 11.2. The summed E-state index contributed by atoms with van der Waals surface area (Å²) in [6, 6.07) is 73.9. The molecule has 0 aliphatic carbocycles. The number of hydrogen-bond donors (Lipinski definition) is 0. The van der Waals surface area contributed by atoms with E-state index in [1.807, 2.05) is 0 Å². The summed E-state index contributed by atoms with van der Waals surface area (Å²) in [5.74, 6) is 0.498. The van der Waals surface area contributed by atoms with Crippen molar-refractivity contribution in [3.8, 4) is 22.3 Å². The highest BCUT2D eigenvalue weighted by atomic mass is 15.1. The molecule has 8 aromatic carbocycles. The molecule has 0 unspecified atom stereocenters. The topological polar surface area (TPSA) is 6.48 Å². The summed E-state index contributed by atoms with van der Waals surface area (Å²) < 4.78 is 0. The molecule has 0 aromatic heterocycles. The van der Waals surface area contributed by atoms with Crippen LogP contribution in [0.4, 0.5) is 34.1 Å². The van der Waals surface area contributed by atoms with Crippen LogP contribution in [0.15, 0.2) is 206 Å². The SMILES string of the molecule is Cc1ccccc1N(c1ccc(-c2ccc(C=Cc3ccc(-c4ccc(N(c5ccccc5)c5ccccc5)cc4)cc3)cc2)cc1)c1ccc(C(C)C)cc1. The van der Waals surface area contributed by atoms with E-state index in [0.717, 1.165) is 28.4 Å². The Hall–Kier alpha value is -6.90. The fourth-order valence-electron chi connectivity index (χ4n) is 7.22. The minimum absolute atomic E-state index is 0.498. The van der Waals surface area contributed by atoms with Gasteiger partial charge in [-0.3, -0.25) is 0 Å². The lowest BCUT2D eigenvalue weighted by molar-refractivity contribution is 0.866. The molecule has 0 saturated heterocycles. The molecular weight excluding hydrogens is 677 g/mol. The van der Waals surface area contributed by atoms with Gasteiger partial charge < -0.3 is 9.80 Å². The molecule has 8 rings (SSSR count). The van der Waals surface area contributed by atoms with Gasteiger partial charge in [-0.1, -0.05) is 166 Å². The summed E-state index contributed by atoms with van der Waals surface area (Å²) in [5.41, 5.74) is 16.6. The second-order valence-corrected chi connectivity index (χ2v) is 14.5. The summed E-state index contributed by atoms with van der Waals surface area (Å²) in [7, 11) is 0. The van der Waals surface area contributed by atoms with Crippen LogP contribution in [0.1, 0.15) is 42.0 Å². The molecule has 0 spiro atoms. The minimum Gasteiger partial charge on any atom is -0.311 e. The molecule has 0 aliphatic rings. The summed E-state index contributed by atoms with van der Waals surface area (Å²) in [6.45, 7) is 6.65. The Labute approximate surface area is 332 Å². The lowest BCUT2D eigenvalue weighted by Gasteiger charge is -2.27. The number of hydrogen-bond acceptors (Lipinski definition) is 2. The van der Waals surface area contributed by atoms with Gasteiger partial charge in [-0.05, 0) is 124 Å². The van der Waals surface area contributed by atoms with E-state index in [1.54, 1.807) is 0 Å². The Bertz CT molecular complexity index is 2460. The van der Waals surface area contributed by atoms with Gasteiger partial charge in [-0.2, -0.15) is 0 Å². The highest BCUT2D eigenvalue weighted by Crippen LogP contribution is 2.38. The van der Waals surface area contributed by atoms with Crippen molar-refractivity contribution in [3.63, 3.8) is 0 Å². The van der Waals surface area contributed by atoms with Gasteiger partial charge in [0.1, 0.15) is 0 Å². The van der Waals surface area contributed by atoms with E-state index in [2.05, 4.69) is 249 Å². The van der Waals surface area contributed by atoms with Crippen molar-refractivity contribution in [1.82, 2.24) is 0 Å². The molecule has 2 heteroatoms. The molecule has 0 bridgehead atoms. The third-order valence-corrected chi connectivity index (χ3v) is 10.4. The Morgan fingerprint density at radius 3 is 1.09 bits per heavy atom. The molecule has 8 aromatic rings. The van der Waals surface area contributed by atoms with Crippen LogP contribution in [0.2, 0.25) is 0 Å². The molecule has 2 nitrogen and oxygen atoms in total.